The van der Waals surface area contributed by atoms with Crippen LogP contribution in [0, 0.1) is 13.8 Å². The number of phenols is 1. The number of aryl methyl sites for hydroxylation is 2. The van der Waals surface area contributed by atoms with Crippen LogP contribution in [0.1, 0.15) is 28.3 Å². The van der Waals surface area contributed by atoms with Gasteiger partial charge in [0.1, 0.15) is 28.8 Å². The van der Waals surface area contributed by atoms with E-state index < -0.39 is 17.7 Å². The molecule has 1 amide bonds. The molecule has 5 rings (SSSR count). The lowest BCUT2D eigenvalue weighted by Gasteiger charge is -2.26. The summed E-state index contributed by atoms with van der Waals surface area (Å²) in [7, 11) is 1.49. The van der Waals surface area contributed by atoms with E-state index in [1.54, 1.807) is 42.5 Å². The summed E-state index contributed by atoms with van der Waals surface area (Å²) >= 11 is 0. The van der Waals surface area contributed by atoms with Gasteiger partial charge in [-0.2, -0.15) is 0 Å². The molecule has 0 bridgehead atoms. The van der Waals surface area contributed by atoms with Gasteiger partial charge in [0.2, 0.25) is 0 Å². The molecular weight excluding hydrogens is 494 g/mol. The van der Waals surface area contributed by atoms with Gasteiger partial charge < -0.3 is 19.7 Å². The first-order valence-corrected chi connectivity index (χ1v) is 12.4. The lowest BCUT2D eigenvalue weighted by atomic mass is 9.93. The van der Waals surface area contributed by atoms with E-state index in [4.69, 9.17) is 9.47 Å². The molecule has 1 saturated heterocycles. The molecule has 0 saturated carbocycles. The highest BCUT2D eigenvalue weighted by Crippen LogP contribution is 2.44. The summed E-state index contributed by atoms with van der Waals surface area (Å²) in [5, 5.41) is 21.4. The second kappa shape index (κ2) is 10.4. The Morgan fingerprint density at radius 2 is 1.49 bits per heavy atom. The first-order valence-electron chi connectivity index (χ1n) is 12.4. The number of carbonyl (C=O) groups excluding carboxylic acids is 2. The van der Waals surface area contributed by atoms with Gasteiger partial charge in [0.05, 0.1) is 24.3 Å². The molecule has 0 aromatic heterocycles. The van der Waals surface area contributed by atoms with Crippen molar-refractivity contribution in [3.05, 3.63) is 119 Å². The molecule has 2 N–H and O–H groups in total. The number of aliphatic hydroxyl groups is 1. The third-order valence-corrected chi connectivity index (χ3v) is 6.63. The maximum atomic E-state index is 13.5. The molecule has 0 aliphatic carbocycles. The SMILES string of the molecule is COc1c(C)cc(C)cc1/C(O)=C1\C(=O)C(=O)N(c2ccc(Oc3ccccc3)cc2)C1c1ccc(O)cc1. The molecule has 1 heterocycles. The van der Waals surface area contributed by atoms with E-state index >= 15 is 0 Å². The predicted octanol–water partition coefficient (Wildman–Crippen LogP) is 6.44. The summed E-state index contributed by atoms with van der Waals surface area (Å²) in [5.74, 6) is -0.266. The first kappa shape index (κ1) is 25.6. The molecule has 7 nitrogen and oxygen atoms in total. The molecule has 196 valence electrons. The number of carbonyl (C=O) groups is 2. The van der Waals surface area contributed by atoms with E-state index in [2.05, 4.69) is 0 Å². The topological polar surface area (TPSA) is 96.3 Å². The highest BCUT2D eigenvalue weighted by molar-refractivity contribution is 6.51. The van der Waals surface area contributed by atoms with Crippen LogP contribution < -0.4 is 14.4 Å². The maximum Gasteiger partial charge on any atom is 0.300 e. The van der Waals surface area contributed by atoms with Crippen molar-refractivity contribution in [3.63, 3.8) is 0 Å². The van der Waals surface area contributed by atoms with Crippen molar-refractivity contribution in [2.45, 2.75) is 19.9 Å². The number of para-hydroxylation sites is 1. The van der Waals surface area contributed by atoms with Crippen molar-refractivity contribution in [1.29, 1.82) is 0 Å². The number of ether oxygens (including phenoxy) is 2. The van der Waals surface area contributed by atoms with E-state index in [9.17, 15) is 19.8 Å². The average Bonchev–Trinajstić information content (AvgIpc) is 3.19. The van der Waals surface area contributed by atoms with Gasteiger partial charge in [-0.15, -0.1) is 0 Å². The smallest absolute Gasteiger partial charge is 0.300 e. The number of nitrogens with zero attached hydrogens (tertiary/aromatic N) is 1. The number of hydrogen-bond acceptors (Lipinski definition) is 6. The van der Waals surface area contributed by atoms with Crippen LogP contribution in [0.4, 0.5) is 5.69 Å². The monoisotopic (exact) mass is 521 g/mol. The minimum absolute atomic E-state index is 0.0362. The van der Waals surface area contributed by atoms with E-state index in [1.165, 1.54) is 24.1 Å². The third-order valence-electron chi connectivity index (χ3n) is 6.63. The zero-order valence-corrected chi connectivity index (χ0v) is 21.7. The summed E-state index contributed by atoms with van der Waals surface area (Å²) in [6.07, 6.45) is 0. The van der Waals surface area contributed by atoms with Crippen LogP contribution in [0.3, 0.4) is 0 Å². The van der Waals surface area contributed by atoms with Gasteiger partial charge in [-0.05, 0) is 85.1 Å². The van der Waals surface area contributed by atoms with Crippen molar-refractivity contribution >= 4 is 23.1 Å². The van der Waals surface area contributed by atoms with Crippen molar-refractivity contribution in [2.75, 3.05) is 12.0 Å². The normalized spacial score (nSPS) is 16.4. The number of rotatable bonds is 6. The Morgan fingerprint density at radius 3 is 2.13 bits per heavy atom. The molecule has 1 aliphatic heterocycles. The van der Waals surface area contributed by atoms with Crippen molar-refractivity contribution in [3.8, 4) is 23.0 Å². The van der Waals surface area contributed by atoms with Crippen LogP contribution in [-0.2, 0) is 9.59 Å². The summed E-state index contributed by atoms with van der Waals surface area (Å²) in [5.41, 5.74) is 2.88. The number of aliphatic hydroxyl groups excluding tert-OH is 1. The highest BCUT2D eigenvalue weighted by Gasteiger charge is 2.47. The van der Waals surface area contributed by atoms with Crippen LogP contribution in [0.2, 0.25) is 0 Å². The Balaban J connectivity index is 1.64. The number of methoxy groups -OCH3 is 1. The van der Waals surface area contributed by atoms with Crippen molar-refractivity contribution < 1.29 is 29.3 Å². The number of hydrogen-bond donors (Lipinski definition) is 2. The Labute approximate surface area is 226 Å². The fraction of sp³-hybridized carbons (Fsp3) is 0.125. The van der Waals surface area contributed by atoms with Gasteiger partial charge in [-0.1, -0.05) is 36.4 Å². The van der Waals surface area contributed by atoms with Crippen LogP contribution in [0.15, 0.2) is 96.6 Å². The van der Waals surface area contributed by atoms with Crippen LogP contribution in [0.25, 0.3) is 5.76 Å². The summed E-state index contributed by atoms with van der Waals surface area (Å²) in [6, 6.07) is 25.0. The number of phenolic OH excluding ortho intramolecular Hbond substituents is 1. The second-order valence-corrected chi connectivity index (χ2v) is 9.33. The van der Waals surface area contributed by atoms with E-state index in [1.807, 2.05) is 50.2 Å². The summed E-state index contributed by atoms with van der Waals surface area (Å²) in [6.45, 7) is 3.72. The second-order valence-electron chi connectivity index (χ2n) is 9.33. The van der Waals surface area contributed by atoms with Crippen LogP contribution in [0.5, 0.6) is 23.0 Å². The van der Waals surface area contributed by atoms with Crippen molar-refractivity contribution in [1.82, 2.24) is 0 Å². The van der Waals surface area contributed by atoms with Crippen LogP contribution in [-0.4, -0.2) is 29.0 Å². The first-order chi connectivity index (χ1) is 18.8. The fourth-order valence-electron chi connectivity index (χ4n) is 4.92. The van der Waals surface area contributed by atoms with Gasteiger partial charge in [0.25, 0.3) is 11.7 Å². The molecule has 4 aromatic carbocycles. The van der Waals surface area contributed by atoms with Crippen LogP contribution >= 0.6 is 0 Å². The van der Waals surface area contributed by atoms with E-state index in [0.29, 0.717) is 34.1 Å². The van der Waals surface area contributed by atoms with Crippen molar-refractivity contribution in [2.24, 2.45) is 0 Å². The number of benzene rings is 4. The molecular formula is C32H27NO6. The summed E-state index contributed by atoms with van der Waals surface area (Å²) in [4.78, 5) is 28.3. The lowest BCUT2D eigenvalue weighted by molar-refractivity contribution is -0.132. The highest BCUT2D eigenvalue weighted by atomic mass is 16.5. The molecule has 1 aliphatic rings. The fourth-order valence-corrected chi connectivity index (χ4v) is 4.92. The Bertz CT molecular complexity index is 1570. The molecule has 7 heteroatoms. The third kappa shape index (κ3) is 4.82. The minimum Gasteiger partial charge on any atom is -0.508 e. The number of amides is 1. The molecule has 1 atom stereocenters. The van der Waals surface area contributed by atoms with E-state index in [0.717, 1.165) is 11.1 Å². The molecule has 0 spiro atoms. The zero-order valence-electron chi connectivity index (χ0n) is 21.7. The standard InChI is InChI=1S/C32H27NO6/c1-19-17-20(2)31(38-3)26(18-19)29(35)27-28(21-9-13-23(34)14-10-21)33(32(37)30(27)36)22-11-15-25(16-12-22)39-24-7-5-4-6-8-24/h4-18,28,34-35H,1-3H3/b29-27+. The predicted molar refractivity (Wildman–Crippen MR) is 148 cm³/mol. The van der Waals surface area contributed by atoms with Gasteiger partial charge in [0, 0.05) is 5.69 Å². The van der Waals surface area contributed by atoms with Gasteiger partial charge >= 0.3 is 0 Å². The van der Waals surface area contributed by atoms with Gasteiger partial charge in [-0.3, -0.25) is 14.5 Å². The molecule has 1 unspecified atom stereocenters. The largest absolute Gasteiger partial charge is 0.508 e. The Kier molecular flexibility index (Phi) is 6.81. The van der Waals surface area contributed by atoms with Gasteiger partial charge in [-0.25, -0.2) is 0 Å². The van der Waals surface area contributed by atoms with E-state index in [-0.39, 0.29) is 17.1 Å². The molecule has 0 radical (unpaired) electrons. The number of anilines is 1. The zero-order chi connectivity index (χ0) is 27.7. The quantitative estimate of drug-likeness (QED) is 0.172. The number of aromatic hydroxyl groups is 1. The minimum atomic E-state index is -0.947. The van der Waals surface area contributed by atoms with Gasteiger partial charge in [0.15, 0.2) is 0 Å². The Hall–Kier alpha value is -5.04. The molecule has 39 heavy (non-hydrogen) atoms. The lowest BCUT2D eigenvalue weighted by Crippen LogP contribution is -2.29. The summed E-state index contributed by atoms with van der Waals surface area (Å²) < 4.78 is 11.4. The molecule has 4 aromatic rings. The number of Topliss-reactive ketones (excluding diaryl/α,β-unsaturated/α-hetero) is 1. The maximum absolute atomic E-state index is 13.5. The number of ketones is 1. The average molecular weight is 522 g/mol. The Morgan fingerprint density at radius 1 is 0.846 bits per heavy atom. The molecule has 1 fully saturated rings.